The first kappa shape index (κ1) is 10.2. The van der Waals surface area contributed by atoms with Crippen LogP contribution in [0.15, 0.2) is 66.6 Å². The number of aromatic nitrogens is 1. The van der Waals surface area contributed by atoms with Crippen molar-refractivity contribution in [3.05, 3.63) is 66.6 Å². The lowest BCUT2D eigenvalue weighted by Gasteiger charge is -2.08. The predicted molar refractivity (Wildman–Crippen MR) is 67.8 cm³/mol. The molecule has 0 radical (unpaired) electrons. The maximum Gasteiger partial charge on any atom is 0.153 e. The van der Waals surface area contributed by atoms with Crippen molar-refractivity contribution < 1.29 is 0 Å². The van der Waals surface area contributed by atoms with E-state index in [0.717, 1.165) is 5.70 Å². The van der Waals surface area contributed by atoms with Crippen LogP contribution in [0.25, 0.3) is 0 Å². The average Bonchev–Trinajstić information content (AvgIpc) is 2.24. The highest BCUT2D eigenvalue weighted by Crippen LogP contribution is 2.16. The number of nitrogen functional groups attached to an aromatic ring is 1. The Morgan fingerprint density at radius 3 is 2.75 bits per heavy atom. The monoisotopic (exact) mass is 211 g/mol. The van der Waals surface area contributed by atoms with Crippen LogP contribution in [0, 0.1) is 0 Å². The third kappa shape index (κ3) is 2.60. The zero-order valence-corrected chi connectivity index (χ0v) is 8.80. The third-order valence-corrected chi connectivity index (χ3v) is 2.10. The van der Waals surface area contributed by atoms with Crippen molar-refractivity contribution in [3.63, 3.8) is 0 Å². The molecule has 0 atom stereocenters. The molecule has 1 heterocycles. The van der Waals surface area contributed by atoms with E-state index in [1.54, 1.807) is 6.20 Å². The normalized spacial score (nSPS) is 18.1. The summed E-state index contributed by atoms with van der Waals surface area (Å²) < 4.78 is 0. The Morgan fingerprint density at radius 2 is 1.88 bits per heavy atom. The fourth-order valence-electron chi connectivity index (χ4n) is 1.31. The molecule has 1 aromatic rings. The average molecular weight is 211 g/mol. The summed E-state index contributed by atoms with van der Waals surface area (Å²) in [5, 5.41) is 3.17. The first-order valence-corrected chi connectivity index (χ1v) is 5.05. The van der Waals surface area contributed by atoms with E-state index in [2.05, 4.69) is 10.3 Å². The topological polar surface area (TPSA) is 50.9 Å². The van der Waals surface area contributed by atoms with Gasteiger partial charge in [-0.1, -0.05) is 30.4 Å². The Morgan fingerprint density at radius 1 is 1.06 bits per heavy atom. The summed E-state index contributed by atoms with van der Waals surface area (Å²) >= 11 is 0. The van der Waals surface area contributed by atoms with E-state index in [1.165, 1.54) is 0 Å². The fourth-order valence-corrected chi connectivity index (χ4v) is 1.31. The van der Waals surface area contributed by atoms with Crippen LogP contribution in [0.5, 0.6) is 0 Å². The summed E-state index contributed by atoms with van der Waals surface area (Å²) in [6.45, 7) is 0. The molecular weight excluding hydrogens is 198 g/mol. The predicted octanol–water partition coefficient (Wildman–Crippen LogP) is 2.64. The second-order valence-corrected chi connectivity index (χ2v) is 3.32. The molecule has 2 rings (SSSR count). The van der Waals surface area contributed by atoms with Crippen molar-refractivity contribution in [2.24, 2.45) is 0 Å². The number of rotatable bonds is 2. The van der Waals surface area contributed by atoms with Gasteiger partial charge in [0.2, 0.25) is 0 Å². The maximum atomic E-state index is 5.80. The smallest absolute Gasteiger partial charge is 0.153 e. The van der Waals surface area contributed by atoms with Gasteiger partial charge in [-0.15, -0.1) is 0 Å². The number of allylic oxidation sites excluding steroid dienone is 7. The maximum absolute atomic E-state index is 5.80. The van der Waals surface area contributed by atoms with Gasteiger partial charge in [0.1, 0.15) is 0 Å². The van der Waals surface area contributed by atoms with E-state index in [9.17, 15) is 0 Å². The number of hydrogen-bond donors (Lipinski definition) is 2. The quantitative estimate of drug-likeness (QED) is 0.790. The SMILES string of the molecule is Nc1cccnc1NC1=C/C=C\C=C/C=C1. The molecule has 0 saturated heterocycles. The van der Waals surface area contributed by atoms with Crippen LogP contribution in [-0.2, 0) is 0 Å². The Kier molecular flexibility index (Phi) is 3.18. The van der Waals surface area contributed by atoms with Gasteiger partial charge < -0.3 is 11.1 Å². The van der Waals surface area contributed by atoms with Crippen LogP contribution in [0.4, 0.5) is 11.5 Å². The minimum absolute atomic E-state index is 0.637. The van der Waals surface area contributed by atoms with Crippen LogP contribution in [0.1, 0.15) is 0 Å². The van der Waals surface area contributed by atoms with Gasteiger partial charge >= 0.3 is 0 Å². The number of hydrogen-bond acceptors (Lipinski definition) is 3. The van der Waals surface area contributed by atoms with Gasteiger partial charge in [-0.3, -0.25) is 0 Å². The van der Waals surface area contributed by atoms with Gasteiger partial charge in [0.05, 0.1) is 5.69 Å². The summed E-state index contributed by atoms with van der Waals surface area (Å²) in [7, 11) is 0. The zero-order valence-electron chi connectivity index (χ0n) is 8.80. The molecule has 0 aliphatic heterocycles. The molecule has 0 aromatic carbocycles. The van der Waals surface area contributed by atoms with E-state index in [4.69, 9.17) is 5.73 Å². The molecule has 3 nitrogen and oxygen atoms in total. The Labute approximate surface area is 94.7 Å². The summed E-state index contributed by atoms with van der Waals surface area (Å²) in [6.07, 6.45) is 15.5. The molecule has 3 heteroatoms. The number of nitrogens with one attached hydrogen (secondary N) is 1. The molecule has 0 spiro atoms. The molecule has 16 heavy (non-hydrogen) atoms. The third-order valence-electron chi connectivity index (χ3n) is 2.10. The molecule has 80 valence electrons. The molecule has 0 amide bonds. The van der Waals surface area contributed by atoms with Crippen LogP contribution >= 0.6 is 0 Å². The van der Waals surface area contributed by atoms with Crippen LogP contribution in [0.2, 0.25) is 0 Å². The van der Waals surface area contributed by atoms with E-state index in [1.807, 2.05) is 54.7 Å². The molecule has 0 saturated carbocycles. The lowest BCUT2D eigenvalue weighted by molar-refractivity contribution is 1.29. The van der Waals surface area contributed by atoms with Crippen molar-refractivity contribution in [1.29, 1.82) is 0 Å². The second-order valence-electron chi connectivity index (χ2n) is 3.32. The molecule has 3 N–H and O–H groups in total. The fraction of sp³-hybridized carbons (Fsp3) is 0. The second kappa shape index (κ2) is 4.98. The van der Waals surface area contributed by atoms with E-state index >= 15 is 0 Å². The van der Waals surface area contributed by atoms with Crippen LogP contribution < -0.4 is 11.1 Å². The van der Waals surface area contributed by atoms with E-state index < -0.39 is 0 Å². The highest BCUT2D eigenvalue weighted by Gasteiger charge is 1.99. The van der Waals surface area contributed by atoms with E-state index in [-0.39, 0.29) is 0 Å². The Bertz CT molecular complexity index is 482. The summed E-state index contributed by atoms with van der Waals surface area (Å²) in [6, 6.07) is 3.63. The Hall–Kier alpha value is -2.29. The van der Waals surface area contributed by atoms with Crippen molar-refractivity contribution >= 4 is 11.5 Å². The minimum Gasteiger partial charge on any atom is -0.396 e. The van der Waals surface area contributed by atoms with Crippen molar-refractivity contribution in [3.8, 4) is 0 Å². The van der Waals surface area contributed by atoms with Gasteiger partial charge in [0.25, 0.3) is 0 Å². The van der Waals surface area contributed by atoms with Gasteiger partial charge in [-0.25, -0.2) is 4.98 Å². The molecular formula is C13H13N3. The summed E-state index contributed by atoms with van der Waals surface area (Å²) in [5.74, 6) is 0.677. The minimum atomic E-state index is 0.637. The number of pyridine rings is 1. The lowest BCUT2D eigenvalue weighted by Crippen LogP contribution is -2.02. The molecule has 1 aromatic heterocycles. The first-order valence-electron chi connectivity index (χ1n) is 5.05. The van der Waals surface area contributed by atoms with Crippen molar-refractivity contribution in [2.75, 3.05) is 11.1 Å². The lowest BCUT2D eigenvalue weighted by atomic mass is 10.2. The van der Waals surface area contributed by atoms with Crippen molar-refractivity contribution in [2.45, 2.75) is 0 Å². The highest BCUT2D eigenvalue weighted by atomic mass is 15.0. The molecule has 0 unspecified atom stereocenters. The Balaban J connectivity index is 2.19. The molecule has 0 fully saturated rings. The largest absolute Gasteiger partial charge is 0.396 e. The summed E-state index contributed by atoms with van der Waals surface area (Å²) in [4.78, 5) is 4.17. The van der Waals surface area contributed by atoms with Gasteiger partial charge in [-0.05, 0) is 24.3 Å². The van der Waals surface area contributed by atoms with Gasteiger partial charge in [-0.2, -0.15) is 0 Å². The van der Waals surface area contributed by atoms with Crippen LogP contribution in [0.3, 0.4) is 0 Å². The first-order chi connectivity index (χ1) is 7.86. The molecule has 1 aliphatic carbocycles. The standard InChI is InChI=1S/C13H13N3/c14-12-9-6-10-15-13(12)16-11-7-4-2-1-3-5-8-11/h1-10H,14H2,(H,15,16)/b2-1-,3-1?,4-2?,5-3-,7-4?,8-5?,11-7?,11-8?. The number of nitrogens with two attached hydrogens (primary N) is 1. The number of anilines is 2. The zero-order chi connectivity index (χ0) is 11.2. The van der Waals surface area contributed by atoms with Gasteiger partial charge in [0, 0.05) is 11.9 Å². The molecule has 1 aliphatic rings. The highest BCUT2D eigenvalue weighted by molar-refractivity contribution is 5.64. The van der Waals surface area contributed by atoms with Crippen molar-refractivity contribution in [1.82, 2.24) is 4.98 Å². The van der Waals surface area contributed by atoms with Gasteiger partial charge in [0.15, 0.2) is 5.82 Å². The van der Waals surface area contributed by atoms with Crippen LogP contribution in [-0.4, -0.2) is 4.98 Å². The summed E-state index contributed by atoms with van der Waals surface area (Å²) in [5.41, 5.74) is 7.39. The van der Waals surface area contributed by atoms with E-state index in [0.29, 0.717) is 11.5 Å². The molecule has 0 bridgehead atoms. The number of nitrogens with zero attached hydrogens (tertiary/aromatic N) is 1.